The first-order chi connectivity index (χ1) is 16.0. The van der Waals surface area contributed by atoms with Crippen molar-refractivity contribution in [1.82, 2.24) is 9.97 Å². The summed E-state index contributed by atoms with van der Waals surface area (Å²) in [6.07, 6.45) is 7.89. The average molecular weight is 644 g/mol. The molecule has 0 aliphatic carbocycles. The maximum atomic E-state index is 4.77. The number of rotatable bonds is 6. The third-order valence-corrected chi connectivity index (χ3v) is 5.89. The van der Waals surface area contributed by atoms with E-state index in [4.69, 9.17) is 9.97 Å². The number of hydrogen-bond acceptors (Lipinski definition) is 4. The molecular formula is C27H31AuClN4-3. The van der Waals surface area contributed by atoms with Gasteiger partial charge in [0, 0.05) is 12.4 Å². The standard InChI is InChI=1S/C27H31N4.Au.ClH/c1-7-20-11-9-13-22(18(3)4)24(20)30-17-31(27-26(30)28-15-16-29-27)25-21(8-2)12-10-14-23(25)19(5)6;;/h7-19H,1-6H3;;1H/q-3;+1;/p-1. The van der Waals surface area contributed by atoms with Crippen LogP contribution < -0.4 is 9.80 Å². The van der Waals surface area contributed by atoms with Gasteiger partial charge in [0.2, 0.25) is 0 Å². The van der Waals surface area contributed by atoms with Gasteiger partial charge in [-0.1, -0.05) is 76.2 Å². The number of anilines is 4. The third-order valence-electron chi connectivity index (χ3n) is 5.89. The Morgan fingerprint density at radius 1 is 0.758 bits per heavy atom. The van der Waals surface area contributed by atoms with Crippen LogP contribution in [0.2, 0.25) is 0 Å². The summed E-state index contributed by atoms with van der Waals surface area (Å²) in [6.45, 7) is 15.3. The minimum atomic E-state index is 0.389. The minimum absolute atomic E-state index is 0.389. The average Bonchev–Trinajstić information content (AvgIpc) is 3.23. The van der Waals surface area contributed by atoms with Gasteiger partial charge in [-0.05, 0) is 11.8 Å². The predicted molar refractivity (Wildman–Crippen MR) is 136 cm³/mol. The molecule has 4 rings (SSSR count). The second-order valence-electron chi connectivity index (χ2n) is 8.52. The normalized spacial score (nSPS) is 12.6. The number of fused-ring (bicyclic) bond motifs is 1. The van der Waals surface area contributed by atoms with Gasteiger partial charge >= 0.3 is 29.2 Å². The van der Waals surface area contributed by atoms with Crippen molar-refractivity contribution in [2.75, 3.05) is 9.80 Å². The van der Waals surface area contributed by atoms with Crippen LogP contribution in [0.3, 0.4) is 0 Å². The molecule has 3 aromatic rings. The van der Waals surface area contributed by atoms with Crippen molar-refractivity contribution in [1.29, 1.82) is 0 Å². The van der Waals surface area contributed by atoms with E-state index in [0.717, 1.165) is 11.6 Å². The van der Waals surface area contributed by atoms with E-state index in [-0.39, 0.29) is 0 Å². The predicted octanol–water partition coefficient (Wildman–Crippen LogP) is 7.96. The summed E-state index contributed by atoms with van der Waals surface area (Å²) in [5, 5.41) is 0. The Hall–Kier alpha value is -2.11. The summed E-state index contributed by atoms with van der Waals surface area (Å²) in [4.78, 5) is 14.0. The van der Waals surface area contributed by atoms with Crippen LogP contribution in [0.4, 0.5) is 23.0 Å². The van der Waals surface area contributed by atoms with Gasteiger partial charge in [-0.15, -0.1) is 12.1 Å². The zero-order valence-corrected chi connectivity index (χ0v) is 22.9. The fraction of sp³-hybridized carbons (Fsp3) is 0.296. The summed E-state index contributed by atoms with van der Waals surface area (Å²) in [5.74, 6) is 2.50. The second-order valence-corrected chi connectivity index (χ2v) is 8.52. The first-order valence-electron chi connectivity index (χ1n) is 11.2. The van der Waals surface area contributed by atoms with Crippen LogP contribution in [0.5, 0.6) is 0 Å². The molecular weight excluding hydrogens is 613 g/mol. The Labute approximate surface area is 215 Å². The van der Waals surface area contributed by atoms with E-state index in [1.165, 1.54) is 33.6 Å². The number of halogens is 1. The molecule has 1 aromatic heterocycles. The Bertz CT molecular complexity index is 999. The van der Waals surface area contributed by atoms with Gasteiger partial charge < -0.3 is 9.80 Å². The van der Waals surface area contributed by atoms with Crippen molar-refractivity contribution < 1.29 is 20.0 Å². The summed E-state index contributed by atoms with van der Waals surface area (Å²) in [5.41, 5.74) is 7.33. The Morgan fingerprint density at radius 3 is 1.48 bits per heavy atom. The quantitative estimate of drug-likeness (QED) is 0.202. The summed E-state index contributed by atoms with van der Waals surface area (Å²) in [6, 6.07) is 13.0. The molecule has 2 aromatic carbocycles. The van der Waals surface area contributed by atoms with E-state index in [9.17, 15) is 0 Å². The zero-order chi connectivity index (χ0) is 24.1. The number of benzene rings is 2. The molecule has 0 unspecified atom stereocenters. The molecule has 1 aliphatic heterocycles. The first-order valence-corrected chi connectivity index (χ1v) is 13.9. The molecule has 0 fully saturated rings. The summed E-state index contributed by atoms with van der Waals surface area (Å²) >= 11 is 1.75. The fourth-order valence-corrected chi connectivity index (χ4v) is 4.33. The van der Waals surface area contributed by atoms with Gasteiger partial charge in [-0.2, -0.15) is 42.8 Å². The van der Waals surface area contributed by atoms with E-state index in [1.807, 2.05) is 0 Å². The second kappa shape index (κ2) is 11.3. The van der Waals surface area contributed by atoms with Crippen molar-refractivity contribution in [3.63, 3.8) is 0 Å². The zero-order valence-electron chi connectivity index (χ0n) is 20.0. The summed E-state index contributed by atoms with van der Waals surface area (Å²) < 4.78 is 0. The molecule has 0 atom stereocenters. The molecule has 0 N–H and O–H groups in total. The van der Waals surface area contributed by atoms with Crippen molar-refractivity contribution in [3.05, 3.63) is 90.6 Å². The molecule has 0 radical (unpaired) electrons. The fourth-order valence-electron chi connectivity index (χ4n) is 4.33. The van der Waals surface area contributed by atoms with Crippen LogP contribution in [0.1, 0.15) is 75.6 Å². The number of hydrogen-bond donors (Lipinski definition) is 0. The molecule has 180 valence electrons. The van der Waals surface area contributed by atoms with Crippen LogP contribution in [-0.2, 0) is 20.0 Å². The Kier molecular flexibility index (Phi) is 8.77. The van der Waals surface area contributed by atoms with Gasteiger partial charge in [0.15, 0.2) is 0 Å². The van der Waals surface area contributed by atoms with E-state index in [0.29, 0.717) is 11.8 Å². The molecule has 0 amide bonds. The van der Waals surface area contributed by atoms with E-state index >= 15 is 0 Å². The van der Waals surface area contributed by atoms with Crippen molar-refractivity contribution in [2.24, 2.45) is 0 Å². The third kappa shape index (κ3) is 4.90. The Morgan fingerprint density at radius 2 is 1.15 bits per heavy atom. The van der Waals surface area contributed by atoms with E-state index < -0.39 is 0 Å². The number of para-hydroxylation sites is 2. The van der Waals surface area contributed by atoms with Crippen molar-refractivity contribution >= 4 is 32.2 Å². The van der Waals surface area contributed by atoms with Crippen LogP contribution in [0, 0.1) is 19.5 Å². The summed E-state index contributed by atoms with van der Waals surface area (Å²) in [7, 11) is 4.58. The Balaban J connectivity index is 0.00000149. The number of aromatic nitrogens is 2. The first kappa shape index (κ1) is 25.5. The monoisotopic (exact) mass is 643 g/mol. The van der Waals surface area contributed by atoms with Crippen LogP contribution >= 0.6 is 9.19 Å². The molecule has 0 bridgehead atoms. The molecule has 0 spiro atoms. The van der Waals surface area contributed by atoms with E-state index in [1.54, 1.807) is 32.4 Å². The van der Waals surface area contributed by atoms with Gasteiger partial charge in [-0.25, -0.2) is 9.97 Å². The van der Waals surface area contributed by atoms with Crippen LogP contribution in [-0.4, -0.2) is 9.97 Å². The van der Waals surface area contributed by atoms with Gasteiger partial charge in [0.1, 0.15) is 11.6 Å². The molecule has 33 heavy (non-hydrogen) atoms. The van der Waals surface area contributed by atoms with Crippen molar-refractivity contribution in [3.8, 4) is 0 Å². The molecule has 0 saturated carbocycles. The van der Waals surface area contributed by atoms with E-state index in [2.05, 4.69) is 116 Å². The topological polar surface area (TPSA) is 32.3 Å². The van der Waals surface area contributed by atoms with Gasteiger partial charge in [0.25, 0.3) is 0 Å². The number of nitrogens with zero attached hydrogens (tertiary/aromatic N) is 4. The van der Waals surface area contributed by atoms with Crippen LogP contribution in [0.25, 0.3) is 0 Å². The molecule has 0 saturated heterocycles. The van der Waals surface area contributed by atoms with Crippen LogP contribution in [0.15, 0.2) is 48.8 Å². The van der Waals surface area contributed by atoms with Crippen molar-refractivity contribution in [2.45, 2.75) is 53.4 Å². The maximum absolute atomic E-state index is 4.77. The van der Waals surface area contributed by atoms with Gasteiger partial charge in [0.05, 0.1) is 0 Å². The molecule has 4 nitrogen and oxygen atoms in total. The van der Waals surface area contributed by atoms with Gasteiger partial charge in [-0.3, -0.25) is 0 Å². The molecule has 6 heteroatoms. The SMILES string of the molecule is C[CH-]c1cccc(C(C)C)c1N1[CH-]N(c2c([CH-]C)cccc2C(C)C)c2nccnc21.[Cl][Au]. The molecule has 1 aliphatic rings. The molecule has 2 heterocycles.